The van der Waals surface area contributed by atoms with Crippen LogP contribution in [0.5, 0.6) is 11.5 Å². The van der Waals surface area contributed by atoms with E-state index in [9.17, 15) is 9.59 Å². The van der Waals surface area contributed by atoms with Gasteiger partial charge in [0.15, 0.2) is 0 Å². The normalized spacial score (nSPS) is 10.7. The molecule has 324 valence electrons. The van der Waals surface area contributed by atoms with E-state index in [1.54, 1.807) is 40.3 Å². The molecule has 6 heterocycles. The summed E-state index contributed by atoms with van der Waals surface area (Å²) >= 11 is 0. The predicted molar refractivity (Wildman–Crippen MR) is 242 cm³/mol. The highest BCUT2D eigenvalue weighted by Gasteiger charge is 2.18. The monoisotopic (exact) mass is 856 g/mol. The molecular formula is C50H48N8O6. The molecule has 6 aromatic heterocycles. The van der Waals surface area contributed by atoms with Crippen molar-refractivity contribution in [2.75, 3.05) is 14.2 Å². The molecule has 0 fully saturated rings. The summed E-state index contributed by atoms with van der Waals surface area (Å²) in [4.78, 5) is 40.7. The number of ether oxygens (including phenoxy) is 4. The van der Waals surface area contributed by atoms with Crippen LogP contribution in [0.25, 0.3) is 44.8 Å². The van der Waals surface area contributed by atoms with Crippen LogP contribution in [-0.2, 0) is 45.4 Å². The maximum Gasteiger partial charge on any atom is 0.327 e. The highest BCUT2D eigenvalue weighted by atomic mass is 16.5. The molecule has 0 amide bonds. The van der Waals surface area contributed by atoms with Gasteiger partial charge in [-0.2, -0.15) is 10.2 Å². The van der Waals surface area contributed by atoms with Gasteiger partial charge < -0.3 is 18.9 Å². The fourth-order valence-electron chi connectivity index (χ4n) is 6.91. The molecule has 0 saturated heterocycles. The number of nitrogens with zero attached hydrogens (tertiary/aromatic N) is 8. The number of rotatable bonds is 14. The molecule has 8 rings (SSSR count). The number of pyridine rings is 4. The predicted octanol–water partition coefficient (Wildman–Crippen LogP) is 8.75. The average Bonchev–Trinajstić information content (AvgIpc) is 3.94. The third-order valence-corrected chi connectivity index (χ3v) is 10.3. The molecule has 2 aromatic carbocycles. The van der Waals surface area contributed by atoms with Crippen molar-refractivity contribution in [3.8, 4) is 56.3 Å². The van der Waals surface area contributed by atoms with Crippen molar-refractivity contribution in [1.82, 2.24) is 39.5 Å². The van der Waals surface area contributed by atoms with E-state index in [0.717, 1.165) is 89.9 Å². The van der Waals surface area contributed by atoms with Gasteiger partial charge in [0.1, 0.15) is 43.5 Å². The van der Waals surface area contributed by atoms with Crippen LogP contribution in [0.15, 0.2) is 135 Å². The minimum absolute atomic E-state index is 0.0214. The van der Waals surface area contributed by atoms with Gasteiger partial charge in [-0.05, 0) is 134 Å². The molecule has 0 unspecified atom stereocenters. The third-order valence-electron chi connectivity index (χ3n) is 10.3. The number of esters is 2. The summed E-state index contributed by atoms with van der Waals surface area (Å²) < 4.78 is 24.7. The first kappa shape index (κ1) is 44.1. The lowest BCUT2D eigenvalue weighted by molar-refractivity contribution is -0.142. The van der Waals surface area contributed by atoms with Crippen molar-refractivity contribution in [3.63, 3.8) is 0 Å². The second kappa shape index (κ2) is 20.7. The summed E-state index contributed by atoms with van der Waals surface area (Å²) in [7, 11) is 2.73. The number of aromatic nitrogens is 8. The minimum atomic E-state index is -0.364. The Hall–Kier alpha value is -8.00. The van der Waals surface area contributed by atoms with Crippen molar-refractivity contribution in [1.29, 1.82) is 0 Å². The summed E-state index contributed by atoms with van der Waals surface area (Å²) in [6, 6.07) is 27.3. The minimum Gasteiger partial charge on any atom is -0.487 e. The molecule has 0 spiro atoms. The first-order chi connectivity index (χ1) is 31.1. The van der Waals surface area contributed by atoms with Crippen LogP contribution in [-0.4, -0.2) is 65.7 Å². The largest absolute Gasteiger partial charge is 0.487 e. The van der Waals surface area contributed by atoms with E-state index in [-0.39, 0.29) is 25.0 Å². The second-order valence-corrected chi connectivity index (χ2v) is 15.0. The molecule has 8 aromatic rings. The van der Waals surface area contributed by atoms with Gasteiger partial charge in [-0.25, -0.2) is 0 Å². The van der Waals surface area contributed by atoms with Crippen molar-refractivity contribution in [2.45, 2.75) is 54.0 Å². The maximum absolute atomic E-state index is 11.9. The van der Waals surface area contributed by atoms with Crippen molar-refractivity contribution >= 4 is 11.9 Å². The van der Waals surface area contributed by atoms with E-state index in [4.69, 9.17) is 18.9 Å². The number of benzene rings is 2. The molecule has 0 aliphatic heterocycles. The number of carbonyl (C=O) groups excluding carboxylic acids is 2. The Morgan fingerprint density at radius 1 is 0.562 bits per heavy atom. The van der Waals surface area contributed by atoms with Crippen LogP contribution >= 0.6 is 0 Å². The highest BCUT2D eigenvalue weighted by Crippen LogP contribution is 2.34. The van der Waals surface area contributed by atoms with E-state index in [1.807, 2.05) is 119 Å². The second-order valence-electron chi connectivity index (χ2n) is 15.0. The van der Waals surface area contributed by atoms with E-state index < -0.39 is 0 Å². The van der Waals surface area contributed by atoms with Gasteiger partial charge in [0, 0.05) is 65.6 Å². The number of carbonyl (C=O) groups is 2. The topological polar surface area (TPSA) is 158 Å². The van der Waals surface area contributed by atoms with Gasteiger partial charge in [-0.3, -0.25) is 38.9 Å². The first-order valence-electron chi connectivity index (χ1n) is 20.5. The smallest absolute Gasteiger partial charge is 0.327 e. The van der Waals surface area contributed by atoms with Gasteiger partial charge in [-0.15, -0.1) is 0 Å². The summed E-state index contributed by atoms with van der Waals surface area (Å²) in [6.45, 7) is 8.98. The number of aryl methyl sites for hydroxylation is 4. The summed E-state index contributed by atoms with van der Waals surface area (Å²) in [5.74, 6) is 0.760. The Balaban J connectivity index is 0.000000191. The lowest BCUT2D eigenvalue weighted by Crippen LogP contribution is -2.13. The van der Waals surface area contributed by atoms with Crippen molar-refractivity contribution in [3.05, 3.63) is 168 Å². The quantitative estimate of drug-likeness (QED) is 0.0959. The fraction of sp³-hybridized carbons (Fsp3) is 0.200. The zero-order valence-corrected chi connectivity index (χ0v) is 36.6. The van der Waals surface area contributed by atoms with Crippen LogP contribution in [0.3, 0.4) is 0 Å². The van der Waals surface area contributed by atoms with E-state index in [1.165, 1.54) is 14.2 Å². The molecule has 14 heteroatoms. The van der Waals surface area contributed by atoms with E-state index in [2.05, 4.69) is 42.3 Å². The highest BCUT2D eigenvalue weighted by molar-refractivity contribution is 5.83. The molecule has 0 N–H and O–H groups in total. The zero-order chi connectivity index (χ0) is 45.0. The van der Waals surface area contributed by atoms with Crippen LogP contribution in [0, 0.1) is 27.7 Å². The lowest BCUT2D eigenvalue weighted by Gasteiger charge is -2.12. The lowest BCUT2D eigenvalue weighted by atomic mass is 10.0. The summed E-state index contributed by atoms with van der Waals surface area (Å²) in [6.07, 6.45) is 14.2. The maximum atomic E-state index is 11.9. The van der Waals surface area contributed by atoms with Crippen LogP contribution < -0.4 is 9.47 Å². The number of hydrogen-bond donors (Lipinski definition) is 0. The van der Waals surface area contributed by atoms with Crippen molar-refractivity contribution in [2.24, 2.45) is 0 Å². The van der Waals surface area contributed by atoms with Gasteiger partial charge in [0.05, 0.1) is 37.5 Å². The number of methoxy groups -OCH3 is 2. The third kappa shape index (κ3) is 11.1. The van der Waals surface area contributed by atoms with Crippen LogP contribution in [0.4, 0.5) is 0 Å². The SMILES string of the molecule is COC(=O)Cn1cc(-c2ccncc2)c(-c2ccc(OCc3ncc(C)cc3C)cc2)n1.COC(=O)Cn1ncc(-c2ccncc2)c1-c1ccc(OCc2ncc(C)cc2C)cc1. The molecule has 0 aliphatic rings. The Morgan fingerprint density at radius 3 is 1.55 bits per heavy atom. The van der Waals surface area contributed by atoms with Gasteiger partial charge >= 0.3 is 11.9 Å². The molecule has 0 atom stereocenters. The first-order valence-corrected chi connectivity index (χ1v) is 20.5. The van der Waals surface area contributed by atoms with Crippen LogP contribution in [0.2, 0.25) is 0 Å². The standard InChI is InChI=1S/2C25H24N4O3/c1-17-12-18(2)23(27-13-17)16-32-21-6-4-20(5-7-21)25-22(19-8-10-26-11-9-19)14-29(28-25)15-24(30)31-3;1-17-12-18(2)23(27-13-17)16-32-21-6-4-20(5-7-21)25-22(19-8-10-26-11-9-19)14-28-29(25)15-24(30)31-3/h2*4-14H,15-16H2,1-3H3. The van der Waals surface area contributed by atoms with E-state index in [0.29, 0.717) is 13.2 Å². The van der Waals surface area contributed by atoms with Gasteiger partial charge in [0.2, 0.25) is 0 Å². The summed E-state index contributed by atoms with van der Waals surface area (Å²) in [5, 5.41) is 9.06. The summed E-state index contributed by atoms with van der Waals surface area (Å²) in [5.41, 5.74) is 13.5. The molecule has 14 nitrogen and oxygen atoms in total. The number of hydrogen-bond acceptors (Lipinski definition) is 12. The average molecular weight is 857 g/mol. The molecule has 0 bridgehead atoms. The fourth-order valence-corrected chi connectivity index (χ4v) is 6.91. The molecule has 0 aliphatic carbocycles. The molecular weight excluding hydrogens is 809 g/mol. The molecule has 0 saturated carbocycles. The zero-order valence-electron chi connectivity index (χ0n) is 36.6. The molecule has 0 radical (unpaired) electrons. The van der Waals surface area contributed by atoms with Gasteiger partial charge in [0.25, 0.3) is 0 Å². The molecule has 64 heavy (non-hydrogen) atoms. The Kier molecular flexibility index (Phi) is 14.3. The Labute approximate surface area is 371 Å². The van der Waals surface area contributed by atoms with Gasteiger partial charge in [-0.1, -0.05) is 12.1 Å². The van der Waals surface area contributed by atoms with Crippen LogP contribution in [0.1, 0.15) is 33.6 Å². The van der Waals surface area contributed by atoms with E-state index >= 15 is 0 Å². The van der Waals surface area contributed by atoms with Crippen molar-refractivity contribution < 1.29 is 28.5 Å². The Morgan fingerprint density at radius 2 is 1.05 bits per heavy atom. The Bertz CT molecular complexity index is 2790.